The summed E-state index contributed by atoms with van der Waals surface area (Å²) in [5.41, 5.74) is 1.31. The van der Waals surface area contributed by atoms with E-state index in [9.17, 15) is 0 Å². The third-order valence-corrected chi connectivity index (χ3v) is 3.00. The van der Waals surface area contributed by atoms with E-state index in [0.717, 1.165) is 15.9 Å². The Morgan fingerprint density at radius 2 is 2.22 bits per heavy atom. The summed E-state index contributed by atoms with van der Waals surface area (Å²) in [4.78, 5) is 4.14. The number of rotatable bonds is 3. The fourth-order valence-corrected chi connectivity index (χ4v) is 1.88. The van der Waals surface area contributed by atoms with Gasteiger partial charge in [-0.25, -0.2) is 4.98 Å². The second-order valence-electron chi connectivity index (χ2n) is 3.49. The van der Waals surface area contributed by atoms with Crippen molar-refractivity contribution in [1.82, 2.24) is 4.98 Å². The number of aromatic nitrogens is 1. The van der Waals surface area contributed by atoms with Crippen LogP contribution in [-0.4, -0.2) is 12.1 Å². The van der Waals surface area contributed by atoms with E-state index in [1.807, 2.05) is 18.2 Å². The second kappa shape index (κ2) is 5.52. The lowest BCUT2D eigenvalue weighted by atomic mass is 10.2. The van der Waals surface area contributed by atoms with Crippen molar-refractivity contribution in [2.75, 3.05) is 12.4 Å². The predicted octanol–water partition coefficient (Wildman–Crippen LogP) is 3.47. The zero-order valence-electron chi connectivity index (χ0n) is 9.64. The minimum atomic E-state index is 0.499. The summed E-state index contributed by atoms with van der Waals surface area (Å²) in [7, 11) is 1.60. The van der Waals surface area contributed by atoms with Gasteiger partial charge in [0.05, 0.1) is 17.1 Å². The number of halogens is 1. The van der Waals surface area contributed by atoms with Gasteiger partial charge in [0, 0.05) is 18.0 Å². The van der Waals surface area contributed by atoms with Crippen LogP contribution in [0, 0.1) is 11.3 Å². The Labute approximate surface area is 113 Å². The second-order valence-corrected chi connectivity index (χ2v) is 4.34. The average molecular weight is 304 g/mol. The number of anilines is 2. The molecular weight excluding hydrogens is 294 g/mol. The summed E-state index contributed by atoms with van der Waals surface area (Å²) in [5, 5.41) is 12.1. The first-order valence-electron chi connectivity index (χ1n) is 5.20. The standard InChI is InChI=1S/C13H10BrN3O/c1-18-12-7-10(4-5-11(12)14)17-13-9(8-15)3-2-6-16-13/h2-7H,1H3,(H,16,17). The number of pyridine rings is 1. The van der Waals surface area contributed by atoms with Crippen LogP contribution >= 0.6 is 15.9 Å². The fourth-order valence-electron chi connectivity index (χ4n) is 1.47. The molecule has 0 radical (unpaired) electrons. The quantitative estimate of drug-likeness (QED) is 0.943. The maximum atomic E-state index is 8.98. The van der Waals surface area contributed by atoms with Gasteiger partial charge in [-0.3, -0.25) is 0 Å². The lowest BCUT2D eigenvalue weighted by molar-refractivity contribution is 0.412. The molecule has 0 aliphatic carbocycles. The Bertz CT molecular complexity index is 607. The topological polar surface area (TPSA) is 57.9 Å². The molecule has 0 bridgehead atoms. The van der Waals surface area contributed by atoms with Gasteiger partial charge >= 0.3 is 0 Å². The van der Waals surface area contributed by atoms with Gasteiger partial charge in [0.15, 0.2) is 0 Å². The maximum absolute atomic E-state index is 8.98. The molecule has 0 aliphatic rings. The molecule has 1 N–H and O–H groups in total. The summed E-state index contributed by atoms with van der Waals surface area (Å²) < 4.78 is 6.08. The van der Waals surface area contributed by atoms with Gasteiger partial charge in [0.25, 0.3) is 0 Å². The number of hydrogen-bond acceptors (Lipinski definition) is 4. The van der Waals surface area contributed by atoms with Gasteiger partial charge in [0.1, 0.15) is 17.6 Å². The normalized spacial score (nSPS) is 9.61. The van der Waals surface area contributed by atoms with Crippen molar-refractivity contribution in [3.63, 3.8) is 0 Å². The Morgan fingerprint density at radius 3 is 2.94 bits per heavy atom. The van der Waals surface area contributed by atoms with Crippen molar-refractivity contribution in [2.45, 2.75) is 0 Å². The first-order valence-corrected chi connectivity index (χ1v) is 5.99. The van der Waals surface area contributed by atoms with Crippen molar-refractivity contribution in [3.05, 3.63) is 46.6 Å². The van der Waals surface area contributed by atoms with Gasteiger partial charge in [-0.1, -0.05) is 0 Å². The lowest BCUT2D eigenvalue weighted by Gasteiger charge is -2.09. The summed E-state index contributed by atoms with van der Waals surface area (Å²) >= 11 is 3.38. The molecule has 18 heavy (non-hydrogen) atoms. The Kier molecular flexibility index (Phi) is 3.80. The predicted molar refractivity (Wildman–Crippen MR) is 72.9 cm³/mol. The zero-order valence-corrected chi connectivity index (χ0v) is 11.2. The van der Waals surface area contributed by atoms with Gasteiger partial charge in [-0.2, -0.15) is 5.26 Å². The van der Waals surface area contributed by atoms with Crippen LogP contribution in [0.4, 0.5) is 11.5 Å². The Balaban J connectivity index is 2.32. The molecule has 4 nitrogen and oxygen atoms in total. The Morgan fingerprint density at radius 1 is 1.39 bits per heavy atom. The molecule has 0 aliphatic heterocycles. The number of nitriles is 1. The van der Waals surface area contributed by atoms with E-state index in [1.165, 1.54) is 0 Å². The van der Waals surface area contributed by atoms with Crippen LogP contribution in [0.25, 0.3) is 0 Å². The maximum Gasteiger partial charge on any atom is 0.148 e. The van der Waals surface area contributed by atoms with Gasteiger partial charge in [-0.05, 0) is 40.2 Å². The molecule has 0 saturated carbocycles. The number of benzene rings is 1. The largest absolute Gasteiger partial charge is 0.495 e. The lowest BCUT2D eigenvalue weighted by Crippen LogP contribution is -1.97. The van der Waals surface area contributed by atoms with Gasteiger partial charge < -0.3 is 10.1 Å². The smallest absolute Gasteiger partial charge is 0.148 e. The molecule has 0 saturated heterocycles. The van der Waals surface area contributed by atoms with E-state index in [-0.39, 0.29) is 0 Å². The monoisotopic (exact) mass is 303 g/mol. The molecule has 90 valence electrons. The third-order valence-electron chi connectivity index (χ3n) is 2.34. The minimum absolute atomic E-state index is 0.499. The van der Waals surface area contributed by atoms with Crippen LogP contribution in [-0.2, 0) is 0 Å². The van der Waals surface area contributed by atoms with Crippen LogP contribution in [0.3, 0.4) is 0 Å². The van der Waals surface area contributed by atoms with Crippen LogP contribution in [0.1, 0.15) is 5.56 Å². The molecular formula is C13H10BrN3O. The first kappa shape index (κ1) is 12.4. The molecule has 0 amide bonds. The zero-order chi connectivity index (χ0) is 13.0. The number of methoxy groups -OCH3 is 1. The van der Waals surface area contributed by atoms with Crippen molar-refractivity contribution in [2.24, 2.45) is 0 Å². The van der Waals surface area contributed by atoms with E-state index in [0.29, 0.717) is 11.4 Å². The number of nitrogens with one attached hydrogen (secondary N) is 1. The summed E-state index contributed by atoms with van der Waals surface area (Å²) in [5.74, 6) is 1.25. The molecule has 2 aromatic rings. The van der Waals surface area contributed by atoms with Crippen LogP contribution in [0.15, 0.2) is 41.0 Å². The first-order chi connectivity index (χ1) is 8.74. The highest BCUT2D eigenvalue weighted by molar-refractivity contribution is 9.10. The molecule has 1 aromatic heterocycles. The van der Waals surface area contributed by atoms with Crippen molar-refractivity contribution >= 4 is 27.4 Å². The minimum Gasteiger partial charge on any atom is -0.495 e. The molecule has 0 spiro atoms. The summed E-state index contributed by atoms with van der Waals surface area (Å²) in [6.45, 7) is 0. The SMILES string of the molecule is COc1cc(Nc2ncccc2C#N)ccc1Br. The molecule has 0 unspecified atom stereocenters. The summed E-state index contributed by atoms with van der Waals surface area (Å²) in [6.07, 6.45) is 1.64. The van der Waals surface area contributed by atoms with Gasteiger partial charge in [0.2, 0.25) is 0 Å². The van der Waals surface area contributed by atoms with Crippen LogP contribution in [0.5, 0.6) is 5.75 Å². The fraction of sp³-hybridized carbons (Fsp3) is 0.0769. The highest BCUT2D eigenvalue weighted by atomic mass is 79.9. The molecule has 2 rings (SSSR count). The van der Waals surface area contributed by atoms with E-state index in [1.54, 1.807) is 25.4 Å². The Hall–Kier alpha value is -2.06. The van der Waals surface area contributed by atoms with E-state index >= 15 is 0 Å². The highest BCUT2D eigenvalue weighted by Gasteiger charge is 2.05. The van der Waals surface area contributed by atoms with Crippen molar-refractivity contribution < 1.29 is 4.74 Å². The molecule has 0 fully saturated rings. The number of hydrogen-bond donors (Lipinski definition) is 1. The molecule has 5 heteroatoms. The average Bonchev–Trinajstić information content (AvgIpc) is 2.41. The molecule has 0 atom stereocenters. The van der Waals surface area contributed by atoms with Crippen molar-refractivity contribution in [3.8, 4) is 11.8 Å². The van der Waals surface area contributed by atoms with E-state index < -0.39 is 0 Å². The van der Waals surface area contributed by atoms with Gasteiger partial charge in [-0.15, -0.1) is 0 Å². The van der Waals surface area contributed by atoms with E-state index in [4.69, 9.17) is 10.00 Å². The molecule has 1 aromatic carbocycles. The van der Waals surface area contributed by atoms with Crippen LogP contribution in [0.2, 0.25) is 0 Å². The number of nitrogens with zero attached hydrogens (tertiary/aromatic N) is 2. The van der Waals surface area contributed by atoms with E-state index in [2.05, 4.69) is 32.3 Å². The number of ether oxygens (including phenoxy) is 1. The summed E-state index contributed by atoms with van der Waals surface area (Å²) in [6, 6.07) is 11.1. The van der Waals surface area contributed by atoms with Crippen molar-refractivity contribution in [1.29, 1.82) is 5.26 Å². The highest BCUT2D eigenvalue weighted by Crippen LogP contribution is 2.29. The third kappa shape index (κ3) is 2.60. The molecule has 1 heterocycles. The van der Waals surface area contributed by atoms with Crippen LogP contribution < -0.4 is 10.1 Å².